The van der Waals surface area contributed by atoms with Crippen LogP contribution in [0.15, 0.2) is 23.1 Å². The molecule has 0 amide bonds. The molecule has 1 unspecified atom stereocenters. The first kappa shape index (κ1) is 17.4. The van der Waals surface area contributed by atoms with Crippen molar-refractivity contribution >= 4 is 21.6 Å². The third kappa shape index (κ3) is 3.73. The Hall–Kier alpha value is -0.620. The molecule has 4 nitrogen and oxygen atoms in total. The molecule has 0 bridgehead atoms. The largest absolute Gasteiger partial charge is 0.316 e. The Morgan fingerprint density at radius 1 is 1.35 bits per heavy atom. The van der Waals surface area contributed by atoms with Gasteiger partial charge >= 0.3 is 0 Å². The molecule has 0 radical (unpaired) electrons. The summed E-state index contributed by atoms with van der Waals surface area (Å²) >= 11 is 6.15. The summed E-state index contributed by atoms with van der Waals surface area (Å²) in [5, 5.41) is 3.47. The Morgan fingerprint density at radius 3 is 2.45 bits per heavy atom. The van der Waals surface area contributed by atoms with E-state index in [0.29, 0.717) is 18.1 Å². The quantitative estimate of drug-likeness (QED) is 0.841. The molecule has 0 aliphatic rings. The smallest absolute Gasteiger partial charge is 0.243 e. The molecule has 1 atom stereocenters. The van der Waals surface area contributed by atoms with E-state index in [0.717, 1.165) is 12.0 Å². The molecule has 0 aliphatic carbocycles. The van der Waals surface area contributed by atoms with Crippen molar-refractivity contribution in [3.63, 3.8) is 0 Å². The molecule has 0 aliphatic heterocycles. The van der Waals surface area contributed by atoms with E-state index in [9.17, 15) is 8.42 Å². The van der Waals surface area contributed by atoms with Crippen LogP contribution in [-0.2, 0) is 16.6 Å². The van der Waals surface area contributed by atoms with Crippen LogP contribution in [0.1, 0.15) is 32.8 Å². The Labute approximate surface area is 127 Å². The Bertz CT molecular complexity index is 546. The van der Waals surface area contributed by atoms with Crippen molar-refractivity contribution < 1.29 is 8.42 Å². The monoisotopic (exact) mass is 318 g/mol. The minimum Gasteiger partial charge on any atom is -0.316 e. The number of sulfonamides is 1. The van der Waals surface area contributed by atoms with Crippen molar-refractivity contribution in [3.05, 3.63) is 28.8 Å². The number of nitrogens with one attached hydrogen (secondary N) is 1. The van der Waals surface area contributed by atoms with Gasteiger partial charge in [-0.1, -0.05) is 31.5 Å². The van der Waals surface area contributed by atoms with Crippen molar-refractivity contribution in [1.29, 1.82) is 0 Å². The van der Waals surface area contributed by atoms with Crippen LogP contribution in [0, 0.1) is 0 Å². The Kier molecular flexibility index (Phi) is 6.45. The second-order valence-corrected chi connectivity index (χ2v) is 7.05. The van der Waals surface area contributed by atoms with Crippen molar-refractivity contribution in [2.75, 3.05) is 13.6 Å². The molecule has 1 aromatic rings. The van der Waals surface area contributed by atoms with Crippen LogP contribution in [0.5, 0.6) is 0 Å². The fraction of sp³-hybridized carbons (Fsp3) is 0.571. The lowest BCUT2D eigenvalue weighted by molar-refractivity contribution is 0.342. The SMILES string of the molecule is CCC(C)N(CC)S(=O)(=O)c1ccc(CNC)c(Cl)c1. The van der Waals surface area contributed by atoms with Crippen LogP contribution in [0.4, 0.5) is 0 Å². The summed E-state index contributed by atoms with van der Waals surface area (Å²) < 4.78 is 26.8. The zero-order valence-electron chi connectivity index (χ0n) is 12.5. The van der Waals surface area contributed by atoms with E-state index in [1.54, 1.807) is 12.1 Å². The molecular formula is C14H23ClN2O2S. The number of hydrogen-bond acceptors (Lipinski definition) is 3. The van der Waals surface area contributed by atoms with Crippen LogP contribution in [0.3, 0.4) is 0 Å². The predicted molar refractivity (Wildman–Crippen MR) is 83.5 cm³/mol. The highest BCUT2D eigenvalue weighted by molar-refractivity contribution is 7.89. The van der Waals surface area contributed by atoms with Crippen molar-refractivity contribution in [3.8, 4) is 0 Å². The minimum absolute atomic E-state index is 0.0271. The summed E-state index contributed by atoms with van der Waals surface area (Å²) in [7, 11) is -1.67. The van der Waals surface area contributed by atoms with Crippen LogP contribution >= 0.6 is 11.6 Å². The summed E-state index contributed by atoms with van der Waals surface area (Å²) in [6.07, 6.45) is 0.776. The molecule has 6 heteroatoms. The van der Waals surface area contributed by atoms with E-state index >= 15 is 0 Å². The molecule has 0 fully saturated rings. The normalized spacial score (nSPS) is 13.7. The molecule has 1 N–H and O–H groups in total. The molecule has 0 spiro atoms. The average Bonchev–Trinajstić information content (AvgIpc) is 2.41. The zero-order chi connectivity index (χ0) is 15.3. The van der Waals surface area contributed by atoms with Gasteiger partial charge in [-0.25, -0.2) is 8.42 Å². The lowest BCUT2D eigenvalue weighted by Crippen LogP contribution is -2.38. The van der Waals surface area contributed by atoms with Gasteiger partial charge in [-0.05, 0) is 38.1 Å². The highest BCUT2D eigenvalue weighted by Crippen LogP contribution is 2.25. The topological polar surface area (TPSA) is 49.4 Å². The second kappa shape index (κ2) is 7.41. The Morgan fingerprint density at radius 2 is 2.00 bits per heavy atom. The Balaban J connectivity index is 3.18. The molecule has 114 valence electrons. The van der Waals surface area contributed by atoms with Crippen molar-refractivity contribution in [2.24, 2.45) is 0 Å². The maximum absolute atomic E-state index is 12.6. The molecule has 1 rings (SSSR count). The van der Waals surface area contributed by atoms with E-state index in [1.807, 2.05) is 27.8 Å². The number of rotatable bonds is 7. The fourth-order valence-corrected chi connectivity index (χ4v) is 4.13. The first-order valence-electron chi connectivity index (χ1n) is 6.83. The summed E-state index contributed by atoms with van der Waals surface area (Å²) in [6.45, 7) is 6.81. The zero-order valence-corrected chi connectivity index (χ0v) is 14.1. The van der Waals surface area contributed by atoms with Gasteiger partial charge in [0.25, 0.3) is 0 Å². The van der Waals surface area contributed by atoms with Gasteiger partial charge in [0.2, 0.25) is 10.0 Å². The van der Waals surface area contributed by atoms with E-state index < -0.39 is 10.0 Å². The van der Waals surface area contributed by atoms with Gasteiger partial charge < -0.3 is 5.32 Å². The van der Waals surface area contributed by atoms with E-state index in [2.05, 4.69) is 5.32 Å². The standard InChI is InChI=1S/C14H23ClN2O2S/c1-5-11(3)17(6-2)20(18,19)13-8-7-12(10-16-4)14(15)9-13/h7-9,11,16H,5-6,10H2,1-4H3. The van der Waals surface area contributed by atoms with E-state index in [1.165, 1.54) is 10.4 Å². The summed E-state index contributed by atoms with van der Waals surface area (Å²) in [6, 6.07) is 4.89. The van der Waals surface area contributed by atoms with Gasteiger partial charge in [0.15, 0.2) is 0 Å². The summed E-state index contributed by atoms with van der Waals surface area (Å²) in [5.74, 6) is 0. The van der Waals surface area contributed by atoms with Crippen LogP contribution in [0.2, 0.25) is 5.02 Å². The lowest BCUT2D eigenvalue weighted by atomic mass is 10.2. The number of hydrogen-bond donors (Lipinski definition) is 1. The van der Waals surface area contributed by atoms with Crippen LogP contribution in [-0.4, -0.2) is 32.4 Å². The third-order valence-corrected chi connectivity index (χ3v) is 5.83. The number of halogens is 1. The number of benzene rings is 1. The summed E-state index contributed by atoms with van der Waals surface area (Å²) in [4.78, 5) is 0.254. The maximum Gasteiger partial charge on any atom is 0.243 e. The van der Waals surface area contributed by atoms with Crippen molar-refractivity contribution in [2.45, 2.75) is 44.7 Å². The van der Waals surface area contributed by atoms with Gasteiger partial charge in [0.05, 0.1) is 4.90 Å². The van der Waals surface area contributed by atoms with Crippen molar-refractivity contribution in [1.82, 2.24) is 9.62 Å². The van der Waals surface area contributed by atoms with Crippen LogP contribution < -0.4 is 5.32 Å². The van der Waals surface area contributed by atoms with Gasteiger partial charge in [-0.3, -0.25) is 0 Å². The van der Waals surface area contributed by atoms with E-state index in [-0.39, 0.29) is 10.9 Å². The molecule has 0 saturated heterocycles. The second-order valence-electron chi connectivity index (χ2n) is 4.75. The minimum atomic E-state index is -3.49. The molecule has 1 aromatic carbocycles. The average molecular weight is 319 g/mol. The van der Waals surface area contributed by atoms with Gasteiger partial charge in [-0.2, -0.15) is 4.31 Å². The highest BCUT2D eigenvalue weighted by atomic mass is 35.5. The fourth-order valence-electron chi connectivity index (χ4n) is 2.08. The molecule has 20 heavy (non-hydrogen) atoms. The third-order valence-electron chi connectivity index (χ3n) is 3.39. The van der Waals surface area contributed by atoms with Crippen LogP contribution in [0.25, 0.3) is 0 Å². The van der Waals surface area contributed by atoms with Gasteiger partial charge in [0, 0.05) is 24.2 Å². The molecule has 0 heterocycles. The predicted octanol–water partition coefficient (Wildman–Crippen LogP) is 2.87. The molecule has 0 saturated carbocycles. The van der Waals surface area contributed by atoms with E-state index in [4.69, 9.17) is 11.6 Å². The molecular weight excluding hydrogens is 296 g/mol. The summed E-state index contributed by atoms with van der Waals surface area (Å²) in [5.41, 5.74) is 0.889. The molecule has 0 aromatic heterocycles. The lowest BCUT2D eigenvalue weighted by Gasteiger charge is -2.26. The maximum atomic E-state index is 12.6. The van der Waals surface area contributed by atoms with Gasteiger partial charge in [0.1, 0.15) is 0 Å². The highest BCUT2D eigenvalue weighted by Gasteiger charge is 2.27. The first-order valence-corrected chi connectivity index (χ1v) is 8.65. The first-order chi connectivity index (χ1) is 9.38. The number of nitrogens with zero attached hydrogens (tertiary/aromatic N) is 1. The van der Waals surface area contributed by atoms with Gasteiger partial charge in [-0.15, -0.1) is 0 Å².